The summed E-state index contributed by atoms with van der Waals surface area (Å²) in [5.74, 6) is 2.42. The standard InChI is InChI=1S/C20H31F3N4O3.HI/c1-14(20(21,22)23)26-10-12-27(13-11-26)19(24-2)25-9-8-15-6-7-16(28-3)18(30-5)17(15)29-4;/h6-7,14H,8-13H2,1-5H3,(H,24,25);1H. The zero-order chi connectivity index (χ0) is 22.3. The highest BCUT2D eigenvalue weighted by Gasteiger charge is 2.41. The Kier molecular flexibility index (Phi) is 11.0. The summed E-state index contributed by atoms with van der Waals surface area (Å²) in [7, 11) is 6.37. The van der Waals surface area contributed by atoms with E-state index in [2.05, 4.69) is 10.3 Å². The lowest BCUT2D eigenvalue weighted by atomic mass is 10.1. The number of nitrogens with one attached hydrogen (secondary N) is 1. The smallest absolute Gasteiger partial charge is 0.403 e. The molecule has 0 saturated carbocycles. The normalized spacial score (nSPS) is 16.4. The second-order valence-corrected chi connectivity index (χ2v) is 6.96. The van der Waals surface area contributed by atoms with E-state index in [1.807, 2.05) is 17.0 Å². The number of hydrogen-bond donors (Lipinski definition) is 1. The zero-order valence-corrected chi connectivity index (χ0v) is 20.9. The van der Waals surface area contributed by atoms with Gasteiger partial charge >= 0.3 is 6.18 Å². The van der Waals surface area contributed by atoms with Gasteiger partial charge < -0.3 is 24.4 Å². The van der Waals surface area contributed by atoms with Crippen LogP contribution < -0.4 is 19.5 Å². The van der Waals surface area contributed by atoms with Crippen LogP contribution in [-0.4, -0.2) is 89.1 Å². The molecule has 0 amide bonds. The van der Waals surface area contributed by atoms with Crippen LogP contribution in [0.5, 0.6) is 17.2 Å². The minimum atomic E-state index is -4.21. The number of alkyl halides is 3. The number of guanidine groups is 1. The van der Waals surface area contributed by atoms with Crippen molar-refractivity contribution in [2.24, 2.45) is 4.99 Å². The summed E-state index contributed by atoms with van der Waals surface area (Å²) in [6.45, 7) is 3.44. The number of nitrogens with zero attached hydrogens (tertiary/aromatic N) is 3. The molecule has 31 heavy (non-hydrogen) atoms. The number of aliphatic imine (C=N–C) groups is 1. The third-order valence-electron chi connectivity index (χ3n) is 5.31. The van der Waals surface area contributed by atoms with Gasteiger partial charge in [-0.05, 0) is 19.4 Å². The topological polar surface area (TPSA) is 58.6 Å². The van der Waals surface area contributed by atoms with Crippen molar-refractivity contribution in [2.45, 2.75) is 25.6 Å². The van der Waals surface area contributed by atoms with Gasteiger partial charge in [0.05, 0.1) is 21.3 Å². The molecule has 0 bridgehead atoms. The van der Waals surface area contributed by atoms with Crippen LogP contribution in [0.4, 0.5) is 13.2 Å². The molecule has 1 aromatic rings. The van der Waals surface area contributed by atoms with E-state index in [0.717, 1.165) is 5.56 Å². The highest BCUT2D eigenvalue weighted by Crippen LogP contribution is 2.39. The number of methoxy groups -OCH3 is 3. The largest absolute Gasteiger partial charge is 0.493 e. The van der Waals surface area contributed by atoms with E-state index in [0.29, 0.717) is 62.4 Å². The Bertz CT molecular complexity index is 726. The molecule has 1 aliphatic heterocycles. The van der Waals surface area contributed by atoms with Gasteiger partial charge in [-0.2, -0.15) is 13.2 Å². The lowest BCUT2D eigenvalue weighted by Gasteiger charge is -2.39. The summed E-state index contributed by atoms with van der Waals surface area (Å²) in [4.78, 5) is 7.71. The number of hydrogen-bond acceptors (Lipinski definition) is 5. The molecular weight excluding hydrogens is 528 g/mol. The maximum Gasteiger partial charge on any atom is 0.403 e. The lowest BCUT2D eigenvalue weighted by Crippen LogP contribution is -2.56. The van der Waals surface area contributed by atoms with E-state index in [4.69, 9.17) is 14.2 Å². The van der Waals surface area contributed by atoms with E-state index >= 15 is 0 Å². The maximum absolute atomic E-state index is 12.9. The summed E-state index contributed by atoms with van der Waals surface area (Å²) in [6.07, 6.45) is -3.56. The quantitative estimate of drug-likeness (QED) is 0.315. The Morgan fingerprint density at radius 2 is 1.68 bits per heavy atom. The van der Waals surface area contributed by atoms with Crippen molar-refractivity contribution in [3.8, 4) is 17.2 Å². The van der Waals surface area contributed by atoms with Crippen molar-refractivity contribution in [1.29, 1.82) is 0 Å². The molecule has 178 valence electrons. The molecule has 1 heterocycles. The van der Waals surface area contributed by atoms with Crippen molar-refractivity contribution in [1.82, 2.24) is 15.1 Å². The molecule has 1 unspecified atom stereocenters. The molecule has 1 aromatic carbocycles. The highest BCUT2D eigenvalue weighted by atomic mass is 127. The number of halogens is 4. The number of piperazine rings is 1. The second kappa shape index (κ2) is 12.4. The first kappa shape index (κ1) is 27.4. The lowest BCUT2D eigenvalue weighted by molar-refractivity contribution is -0.181. The van der Waals surface area contributed by atoms with Gasteiger partial charge in [0.15, 0.2) is 17.5 Å². The van der Waals surface area contributed by atoms with E-state index in [-0.39, 0.29) is 24.0 Å². The van der Waals surface area contributed by atoms with Crippen LogP contribution in [0.15, 0.2) is 17.1 Å². The summed E-state index contributed by atoms with van der Waals surface area (Å²) >= 11 is 0. The predicted molar refractivity (Wildman–Crippen MR) is 125 cm³/mol. The van der Waals surface area contributed by atoms with Crippen LogP contribution in [0.1, 0.15) is 12.5 Å². The average molecular weight is 560 g/mol. The third-order valence-corrected chi connectivity index (χ3v) is 5.31. The molecule has 1 atom stereocenters. The van der Waals surface area contributed by atoms with Crippen molar-refractivity contribution >= 4 is 29.9 Å². The zero-order valence-electron chi connectivity index (χ0n) is 18.6. The van der Waals surface area contributed by atoms with Crippen LogP contribution in [0.3, 0.4) is 0 Å². The molecule has 7 nitrogen and oxygen atoms in total. The Morgan fingerprint density at radius 3 is 2.16 bits per heavy atom. The maximum atomic E-state index is 12.9. The van der Waals surface area contributed by atoms with Gasteiger partial charge in [0, 0.05) is 45.3 Å². The first-order valence-corrected chi connectivity index (χ1v) is 9.81. The summed E-state index contributed by atoms with van der Waals surface area (Å²) in [6, 6.07) is 2.31. The van der Waals surface area contributed by atoms with E-state index in [1.54, 1.807) is 28.4 Å². The first-order chi connectivity index (χ1) is 14.3. The molecule has 11 heteroatoms. The second-order valence-electron chi connectivity index (χ2n) is 6.96. The van der Waals surface area contributed by atoms with Crippen LogP contribution >= 0.6 is 24.0 Å². The van der Waals surface area contributed by atoms with Crippen molar-refractivity contribution in [3.63, 3.8) is 0 Å². The van der Waals surface area contributed by atoms with Gasteiger partial charge in [-0.25, -0.2) is 0 Å². The van der Waals surface area contributed by atoms with Gasteiger partial charge in [0.25, 0.3) is 0 Å². The average Bonchev–Trinajstić information content (AvgIpc) is 2.75. The molecule has 0 radical (unpaired) electrons. The summed E-state index contributed by atoms with van der Waals surface area (Å²) in [5.41, 5.74) is 0.946. The van der Waals surface area contributed by atoms with Gasteiger partial charge in [0.2, 0.25) is 5.75 Å². The Balaban J connectivity index is 0.00000480. The Hall–Kier alpha value is -1.63. The monoisotopic (exact) mass is 560 g/mol. The minimum Gasteiger partial charge on any atom is -0.493 e. The fourth-order valence-electron chi connectivity index (χ4n) is 3.53. The molecule has 0 aliphatic carbocycles. The highest BCUT2D eigenvalue weighted by molar-refractivity contribution is 14.0. The molecule has 0 spiro atoms. The first-order valence-electron chi connectivity index (χ1n) is 9.81. The molecule has 1 aliphatic rings. The number of ether oxygens (including phenoxy) is 3. The molecule has 1 fully saturated rings. The van der Waals surface area contributed by atoms with E-state index in [1.165, 1.54) is 11.8 Å². The third kappa shape index (κ3) is 6.93. The van der Waals surface area contributed by atoms with Gasteiger partial charge in [-0.15, -0.1) is 24.0 Å². The van der Waals surface area contributed by atoms with Crippen LogP contribution in [0.25, 0.3) is 0 Å². The van der Waals surface area contributed by atoms with E-state index in [9.17, 15) is 13.2 Å². The van der Waals surface area contributed by atoms with Crippen LogP contribution in [0.2, 0.25) is 0 Å². The van der Waals surface area contributed by atoms with Crippen molar-refractivity contribution in [3.05, 3.63) is 17.7 Å². The predicted octanol–water partition coefficient (Wildman–Crippen LogP) is 3.02. The fourth-order valence-corrected chi connectivity index (χ4v) is 3.53. The summed E-state index contributed by atoms with van der Waals surface area (Å²) in [5, 5.41) is 3.29. The molecular formula is C20H32F3IN4O3. The Morgan fingerprint density at radius 1 is 1.06 bits per heavy atom. The minimum absolute atomic E-state index is 0. The van der Waals surface area contributed by atoms with Gasteiger partial charge in [-0.1, -0.05) is 6.07 Å². The van der Waals surface area contributed by atoms with Gasteiger partial charge in [-0.3, -0.25) is 9.89 Å². The molecule has 2 rings (SSSR count). The van der Waals surface area contributed by atoms with Crippen LogP contribution in [-0.2, 0) is 6.42 Å². The number of rotatable bonds is 7. The van der Waals surface area contributed by atoms with Crippen molar-refractivity contribution < 1.29 is 27.4 Å². The van der Waals surface area contributed by atoms with E-state index < -0.39 is 12.2 Å². The number of benzene rings is 1. The fraction of sp³-hybridized carbons (Fsp3) is 0.650. The van der Waals surface area contributed by atoms with Crippen molar-refractivity contribution in [2.75, 3.05) is 61.1 Å². The SMILES string of the molecule is CN=C(NCCc1ccc(OC)c(OC)c1OC)N1CCN(C(C)C(F)(F)F)CC1.I. The molecule has 1 saturated heterocycles. The van der Waals surface area contributed by atoms with Crippen LogP contribution in [0, 0.1) is 0 Å². The summed E-state index contributed by atoms with van der Waals surface area (Å²) < 4.78 is 55.0. The Labute approximate surface area is 198 Å². The molecule has 1 N–H and O–H groups in total. The molecule has 0 aromatic heterocycles. The van der Waals surface area contributed by atoms with Gasteiger partial charge in [0.1, 0.15) is 6.04 Å².